The summed E-state index contributed by atoms with van der Waals surface area (Å²) < 4.78 is 0. The lowest BCUT2D eigenvalue weighted by Crippen LogP contribution is -2.53. The van der Waals surface area contributed by atoms with Gasteiger partial charge in [0.1, 0.15) is 0 Å². The predicted octanol–water partition coefficient (Wildman–Crippen LogP) is 3.89. The zero-order valence-electron chi connectivity index (χ0n) is 12.4. The molecule has 2 rings (SSSR count). The standard InChI is InChI=1S/C17H31NO/c1-2-3-4-5-6-11-16(19)17(12-7-8-13-17)18-14-9-10-15-18/h2,16,19H,1,3-15H2. The van der Waals surface area contributed by atoms with Crippen molar-refractivity contribution in [2.24, 2.45) is 0 Å². The SMILES string of the molecule is C=CCCCCCC(O)C1(N2CCCC2)CCCC1. The minimum atomic E-state index is -0.100. The normalized spacial score (nSPS) is 24.7. The van der Waals surface area contributed by atoms with Gasteiger partial charge in [-0.25, -0.2) is 0 Å². The highest BCUT2D eigenvalue weighted by Crippen LogP contribution is 2.41. The summed E-state index contributed by atoms with van der Waals surface area (Å²) in [5.41, 5.74) is 0.148. The van der Waals surface area contributed by atoms with Crippen molar-refractivity contribution in [2.45, 2.75) is 82.3 Å². The van der Waals surface area contributed by atoms with Gasteiger partial charge in [0, 0.05) is 5.54 Å². The molecule has 1 unspecified atom stereocenters. The molecule has 1 saturated carbocycles. The Labute approximate surface area is 118 Å². The molecule has 1 aliphatic carbocycles. The van der Waals surface area contributed by atoms with Crippen LogP contribution < -0.4 is 0 Å². The molecular formula is C17H31NO. The van der Waals surface area contributed by atoms with Crippen molar-refractivity contribution < 1.29 is 5.11 Å². The van der Waals surface area contributed by atoms with E-state index in [1.165, 1.54) is 70.9 Å². The van der Waals surface area contributed by atoms with E-state index in [9.17, 15) is 5.11 Å². The number of hydrogen-bond donors (Lipinski definition) is 1. The average Bonchev–Trinajstić information content (AvgIpc) is 3.09. The lowest BCUT2D eigenvalue weighted by Gasteiger charge is -2.42. The molecule has 1 saturated heterocycles. The lowest BCUT2D eigenvalue weighted by atomic mass is 9.85. The molecule has 19 heavy (non-hydrogen) atoms. The molecule has 0 bridgehead atoms. The van der Waals surface area contributed by atoms with E-state index < -0.39 is 0 Å². The maximum atomic E-state index is 10.8. The van der Waals surface area contributed by atoms with E-state index in [-0.39, 0.29) is 11.6 Å². The van der Waals surface area contributed by atoms with Crippen LogP contribution in [0.15, 0.2) is 12.7 Å². The van der Waals surface area contributed by atoms with Gasteiger partial charge in [-0.2, -0.15) is 0 Å². The molecule has 110 valence electrons. The number of aliphatic hydroxyl groups excluding tert-OH is 1. The van der Waals surface area contributed by atoms with Crippen molar-refractivity contribution in [1.82, 2.24) is 4.90 Å². The van der Waals surface area contributed by atoms with Crippen molar-refractivity contribution in [2.75, 3.05) is 13.1 Å². The minimum Gasteiger partial charge on any atom is -0.391 e. The van der Waals surface area contributed by atoms with Gasteiger partial charge in [0.15, 0.2) is 0 Å². The number of allylic oxidation sites excluding steroid dienone is 1. The van der Waals surface area contributed by atoms with Gasteiger partial charge in [0.25, 0.3) is 0 Å². The minimum absolute atomic E-state index is 0.100. The number of aliphatic hydroxyl groups is 1. The van der Waals surface area contributed by atoms with Gasteiger partial charge in [0.05, 0.1) is 6.10 Å². The van der Waals surface area contributed by atoms with Crippen LogP contribution in [0.1, 0.15) is 70.6 Å². The number of likely N-dealkylation sites (tertiary alicyclic amines) is 1. The first kappa shape index (κ1) is 15.1. The highest BCUT2D eigenvalue weighted by Gasteiger charge is 2.45. The molecule has 2 fully saturated rings. The van der Waals surface area contributed by atoms with Gasteiger partial charge in [-0.1, -0.05) is 31.8 Å². The van der Waals surface area contributed by atoms with E-state index in [0.717, 1.165) is 12.8 Å². The molecule has 2 aliphatic rings. The quantitative estimate of drug-likeness (QED) is 0.531. The summed E-state index contributed by atoms with van der Waals surface area (Å²) in [6.07, 6.45) is 15.4. The van der Waals surface area contributed by atoms with Crippen LogP contribution in [0.5, 0.6) is 0 Å². The third-order valence-electron chi connectivity index (χ3n) is 5.21. The predicted molar refractivity (Wildman–Crippen MR) is 81.3 cm³/mol. The fourth-order valence-electron chi connectivity index (χ4n) is 4.08. The Balaban J connectivity index is 1.82. The Morgan fingerprint density at radius 1 is 1.05 bits per heavy atom. The first-order valence-electron chi connectivity index (χ1n) is 8.33. The molecule has 2 heteroatoms. The molecule has 0 amide bonds. The Morgan fingerprint density at radius 2 is 1.74 bits per heavy atom. The highest BCUT2D eigenvalue weighted by molar-refractivity contribution is 5.01. The molecular weight excluding hydrogens is 234 g/mol. The fourth-order valence-corrected chi connectivity index (χ4v) is 4.08. The summed E-state index contributed by atoms with van der Waals surface area (Å²) in [6, 6.07) is 0. The fraction of sp³-hybridized carbons (Fsp3) is 0.882. The Bertz CT molecular complexity index is 264. The summed E-state index contributed by atoms with van der Waals surface area (Å²) in [7, 11) is 0. The molecule has 1 heterocycles. The van der Waals surface area contributed by atoms with Gasteiger partial charge in [-0.3, -0.25) is 4.90 Å². The van der Waals surface area contributed by atoms with Crippen LogP contribution in [-0.2, 0) is 0 Å². The second-order valence-corrected chi connectivity index (χ2v) is 6.45. The Hall–Kier alpha value is -0.340. The van der Waals surface area contributed by atoms with Crippen LogP contribution in [0, 0.1) is 0 Å². The van der Waals surface area contributed by atoms with E-state index in [2.05, 4.69) is 11.5 Å². The van der Waals surface area contributed by atoms with E-state index in [0.29, 0.717) is 0 Å². The van der Waals surface area contributed by atoms with Crippen molar-refractivity contribution in [3.05, 3.63) is 12.7 Å². The molecule has 0 spiro atoms. The summed E-state index contributed by atoms with van der Waals surface area (Å²) in [4.78, 5) is 2.62. The van der Waals surface area contributed by atoms with Crippen LogP contribution >= 0.6 is 0 Å². The van der Waals surface area contributed by atoms with Gasteiger partial charge in [-0.05, 0) is 58.0 Å². The maximum Gasteiger partial charge on any atom is 0.0723 e. The molecule has 1 aliphatic heterocycles. The smallest absolute Gasteiger partial charge is 0.0723 e. The van der Waals surface area contributed by atoms with Crippen LogP contribution in [0.25, 0.3) is 0 Å². The van der Waals surface area contributed by atoms with Crippen LogP contribution in [-0.4, -0.2) is 34.7 Å². The molecule has 2 nitrogen and oxygen atoms in total. The third kappa shape index (κ3) is 3.61. The summed E-state index contributed by atoms with van der Waals surface area (Å²) in [5.74, 6) is 0. The van der Waals surface area contributed by atoms with Crippen molar-refractivity contribution in [1.29, 1.82) is 0 Å². The molecule has 1 atom stereocenters. The lowest BCUT2D eigenvalue weighted by molar-refractivity contribution is -0.0231. The largest absolute Gasteiger partial charge is 0.391 e. The maximum absolute atomic E-state index is 10.8. The van der Waals surface area contributed by atoms with Crippen molar-refractivity contribution in [3.63, 3.8) is 0 Å². The monoisotopic (exact) mass is 265 g/mol. The Kier molecular flexibility index (Phi) is 5.90. The van der Waals surface area contributed by atoms with Crippen LogP contribution in [0.3, 0.4) is 0 Å². The molecule has 0 radical (unpaired) electrons. The average molecular weight is 265 g/mol. The van der Waals surface area contributed by atoms with E-state index >= 15 is 0 Å². The molecule has 1 N–H and O–H groups in total. The number of nitrogens with zero attached hydrogens (tertiary/aromatic N) is 1. The zero-order valence-corrected chi connectivity index (χ0v) is 12.4. The van der Waals surface area contributed by atoms with Gasteiger partial charge in [-0.15, -0.1) is 6.58 Å². The second kappa shape index (κ2) is 7.44. The summed E-state index contributed by atoms with van der Waals surface area (Å²) >= 11 is 0. The van der Waals surface area contributed by atoms with E-state index in [1.54, 1.807) is 0 Å². The summed E-state index contributed by atoms with van der Waals surface area (Å²) in [5, 5.41) is 10.8. The number of unbranched alkanes of at least 4 members (excludes halogenated alkanes) is 3. The first-order valence-corrected chi connectivity index (χ1v) is 8.33. The van der Waals surface area contributed by atoms with Gasteiger partial charge >= 0.3 is 0 Å². The van der Waals surface area contributed by atoms with Gasteiger partial charge in [0.2, 0.25) is 0 Å². The van der Waals surface area contributed by atoms with Gasteiger partial charge < -0.3 is 5.11 Å². The van der Waals surface area contributed by atoms with Crippen molar-refractivity contribution >= 4 is 0 Å². The van der Waals surface area contributed by atoms with Crippen LogP contribution in [0.2, 0.25) is 0 Å². The number of hydrogen-bond acceptors (Lipinski definition) is 2. The van der Waals surface area contributed by atoms with E-state index in [4.69, 9.17) is 0 Å². The number of rotatable bonds is 8. The highest BCUT2D eigenvalue weighted by atomic mass is 16.3. The topological polar surface area (TPSA) is 23.5 Å². The molecule has 0 aromatic heterocycles. The van der Waals surface area contributed by atoms with Crippen molar-refractivity contribution in [3.8, 4) is 0 Å². The second-order valence-electron chi connectivity index (χ2n) is 6.45. The third-order valence-corrected chi connectivity index (χ3v) is 5.21. The van der Waals surface area contributed by atoms with Crippen LogP contribution in [0.4, 0.5) is 0 Å². The zero-order chi connectivity index (χ0) is 13.6. The van der Waals surface area contributed by atoms with E-state index in [1.807, 2.05) is 6.08 Å². The first-order chi connectivity index (χ1) is 9.29. The summed E-state index contributed by atoms with van der Waals surface area (Å²) in [6.45, 7) is 6.20. The molecule has 0 aromatic carbocycles. The molecule has 0 aromatic rings. The Morgan fingerprint density at radius 3 is 2.37 bits per heavy atom.